The van der Waals surface area contributed by atoms with Gasteiger partial charge in [-0.1, -0.05) is 18.2 Å². The van der Waals surface area contributed by atoms with Crippen molar-refractivity contribution in [2.24, 2.45) is 11.1 Å². The van der Waals surface area contributed by atoms with Crippen molar-refractivity contribution >= 4 is 17.9 Å². The van der Waals surface area contributed by atoms with Gasteiger partial charge in [-0.05, 0) is 19.8 Å². The zero-order valence-corrected chi connectivity index (χ0v) is 11.1. The van der Waals surface area contributed by atoms with Gasteiger partial charge in [0, 0.05) is 11.6 Å². The third-order valence-corrected chi connectivity index (χ3v) is 2.75. The number of para-hydroxylation sites is 1. The largest absolute Gasteiger partial charge is 0.465 e. The van der Waals surface area contributed by atoms with Gasteiger partial charge in [0.25, 0.3) is 5.69 Å². The van der Waals surface area contributed by atoms with Crippen LogP contribution in [0.15, 0.2) is 29.4 Å². The predicted octanol–water partition coefficient (Wildman–Crippen LogP) is 2.17. The number of hydrogen-bond donors (Lipinski definition) is 1. The van der Waals surface area contributed by atoms with Crippen LogP contribution in [0.25, 0.3) is 0 Å². The number of nitro groups is 1. The fourth-order valence-electron chi connectivity index (χ4n) is 1.79. The number of esters is 1. The van der Waals surface area contributed by atoms with E-state index in [-0.39, 0.29) is 18.7 Å². The van der Waals surface area contributed by atoms with E-state index in [9.17, 15) is 14.9 Å². The maximum absolute atomic E-state index is 11.6. The average molecular weight is 280 g/mol. The Kier molecular flexibility index (Phi) is 6.15. The Morgan fingerprint density at radius 1 is 1.55 bits per heavy atom. The topological polar surface area (TPSA) is 102 Å². The lowest BCUT2D eigenvalue weighted by Crippen LogP contribution is -2.20. The highest BCUT2D eigenvalue weighted by atomic mass is 16.6. The lowest BCUT2D eigenvalue weighted by Gasteiger charge is -2.10. The third kappa shape index (κ3) is 4.34. The molecule has 0 fully saturated rings. The van der Waals surface area contributed by atoms with Crippen molar-refractivity contribution in [3.8, 4) is 0 Å². The zero-order valence-electron chi connectivity index (χ0n) is 11.1. The number of oxime groups is 1. The third-order valence-electron chi connectivity index (χ3n) is 2.75. The molecule has 0 heterocycles. The quantitative estimate of drug-likeness (QED) is 0.271. The molecule has 108 valence electrons. The fraction of sp³-hybridized carbons (Fsp3) is 0.385. The highest BCUT2D eigenvalue weighted by molar-refractivity contribution is 5.89. The minimum Gasteiger partial charge on any atom is -0.465 e. The van der Waals surface area contributed by atoms with Gasteiger partial charge in [-0.3, -0.25) is 14.9 Å². The minimum absolute atomic E-state index is 0.0102. The van der Waals surface area contributed by atoms with Gasteiger partial charge < -0.3 is 9.94 Å². The molecular formula is C13H16N2O5. The number of benzene rings is 1. The van der Waals surface area contributed by atoms with E-state index in [1.807, 2.05) is 0 Å². The van der Waals surface area contributed by atoms with Gasteiger partial charge in [0.1, 0.15) is 0 Å². The smallest absolute Gasteiger partial charge is 0.314 e. The van der Waals surface area contributed by atoms with Gasteiger partial charge in [0.2, 0.25) is 0 Å². The Morgan fingerprint density at radius 3 is 2.85 bits per heavy atom. The van der Waals surface area contributed by atoms with Gasteiger partial charge in [0.05, 0.1) is 23.7 Å². The van der Waals surface area contributed by atoms with Crippen LogP contribution < -0.4 is 0 Å². The molecule has 7 nitrogen and oxygen atoms in total. The molecule has 1 aromatic rings. The molecule has 0 amide bonds. The van der Waals surface area contributed by atoms with E-state index in [4.69, 9.17) is 9.94 Å². The van der Waals surface area contributed by atoms with Crippen LogP contribution in [-0.4, -0.2) is 28.9 Å². The number of rotatable bonds is 7. The monoisotopic (exact) mass is 280 g/mol. The van der Waals surface area contributed by atoms with Crippen LogP contribution in [0.1, 0.15) is 18.9 Å². The van der Waals surface area contributed by atoms with Gasteiger partial charge in [-0.2, -0.15) is 0 Å². The van der Waals surface area contributed by atoms with Crippen molar-refractivity contribution in [3.05, 3.63) is 39.9 Å². The van der Waals surface area contributed by atoms with Crippen LogP contribution in [-0.2, 0) is 16.0 Å². The summed E-state index contributed by atoms with van der Waals surface area (Å²) in [5.74, 6) is -1.23. The van der Waals surface area contributed by atoms with Gasteiger partial charge in [-0.25, -0.2) is 0 Å². The molecule has 0 saturated heterocycles. The molecule has 0 aromatic heterocycles. The SMILES string of the molecule is CCOC(=O)C(/C=N\O)CCc1ccccc1[N+](=O)[O-]. The molecule has 1 aromatic carbocycles. The molecule has 7 heteroatoms. The molecule has 0 aliphatic carbocycles. The highest BCUT2D eigenvalue weighted by Gasteiger charge is 2.20. The second-order valence-electron chi connectivity index (χ2n) is 4.05. The molecule has 1 rings (SSSR count). The van der Waals surface area contributed by atoms with E-state index in [1.54, 1.807) is 25.1 Å². The highest BCUT2D eigenvalue weighted by Crippen LogP contribution is 2.21. The van der Waals surface area contributed by atoms with Crippen LogP contribution in [0.4, 0.5) is 5.69 Å². The Balaban J connectivity index is 2.77. The van der Waals surface area contributed by atoms with Crippen molar-refractivity contribution in [3.63, 3.8) is 0 Å². The molecule has 0 radical (unpaired) electrons. The molecule has 1 N–H and O–H groups in total. The van der Waals surface area contributed by atoms with E-state index in [2.05, 4.69) is 5.16 Å². The number of aryl methyl sites for hydroxylation is 1. The summed E-state index contributed by atoms with van der Waals surface area (Å²) in [5.41, 5.74) is 0.536. The summed E-state index contributed by atoms with van der Waals surface area (Å²) in [7, 11) is 0. The summed E-state index contributed by atoms with van der Waals surface area (Å²) in [5, 5.41) is 22.3. The number of hydrogen-bond acceptors (Lipinski definition) is 6. The van der Waals surface area contributed by atoms with Crippen LogP contribution >= 0.6 is 0 Å². The Labute approximate surface area is 116 Å². The van der Waals surface area contributed by atoms with E-state index in [0.717, 1.165) is 6.21 Å². The van der Waals surface area contributed by atoms with E-state index >= 15 is 0 Å². The summed E-state index contributed by atoms with van der Waals surface area (Å²) in [6.07, 6.45) is 1.66. The van der Waals surface area contributed by atoms with Crippen molar-refractivity contribution in [2.45, 2.75) is 19.8 Å². The molecule has 0 aliphatic heterocycles. The Bertz CT molecular complexity index is 501. The first-order valence-corrected chi connectivity index (χ1v) is 6.16. The Morgan fingerprint density at radius 2 is 2.25 bits per heavy atom. The predicted molar refractivity (Wildman–Crippen MR) is 71.8 cm³/mol. The molecule has 1 atom stereocenters. The molecule has 0 spiro atoms. The van der Waals surface area contributed by atoms with Crippen molar-refractivity contribution in [1.82, 2.24) is 0 Å². The normalized spacial score (nSPS) is 12.2. The molecule has 1 unspecified atom stereocenters. The minimum atomic E-state index is -0.722. The average Bonchev–Trinajstić information content (AvgIpc) is 2.43. The number of carbonyl (C=O) groups is 1. The Hall–Kier alpha value is -2.44. The van der Waals surface area contributed by atoms with E-state index in [1.165, 1.54) is 6.07 Å². The number of nitrogens with zero attached hydrogens (tertiary/aromatic N) is 2. The van der Waals surface area contributed by atoms with Crippen LogP contribution in [0.3, 0.4) is 0 Å². The first-order chi connectivity index (χ1) is 9.60. The maximum Gasteiger partial charge on any atom is 0.314 e. The van der Waals surface area contributed by atoms with Crippen molar-refractivity contribution < 1.29 is 19.7 Å². The van der Waals surface area contributed by atoms with Crippen LogP contribution in [0.2, 0.25) is 0 Å². The number of nitro benzene ring substituents is 1. The first-order valence-electron chi connectivity index (χ1n) is 6.16. The molecule has 0 bridgehead atoms. The number of carbonyl (C=O) groups excluding carboxylic acids is 1. The van der Waals surface area contributed by atoms with E-state index < -0.39 is 16.8 Å². The summed E-state index contributed by atoms with van der Waals surface area (Å²) in [6, 6.07) is 6.33. The molecular weight excluding hydrogens is 264 g/mol. The fourth-order valence-corrected chi connectivity index (χ4v) is 1.79. The van der Waals surface area contributed by atoms with Gasteiger partial charge in [-0.15, -0.1) is 5.16 Å². The van der Waals surface area contributed by atoms with Crippen LogP contribution in [0, 0.1) is 16.0 Å². The maximum atomic E-state index is 11.6. The number of ether oxygens (including phenoxy) is 1. The first kappa shape index (κ1) is 15.6. The molecule has 20 heavy (non-hydrogen) atoms. The van der Waals surface area contributed by atoms with E-state index in [0.29, 0.717) is 12.0 Å². The van der Waals surface area contributed by atoms with Gasteiger partial charge in [0.15, 0.2) is 0 Å². The zero-order chi connectivity index (χ0) is 15.0. The van der Waals surface area contributed by atoms with Crippen molar-refractivity contribution in [2.75, 3.05) is 6.61 Å². The summed E-state index contributed by atoms with van der Waals surface area (Å²) in [6.45, 7) is 1.90. The van der Waals surface area contributed by atoms with Crippen LogP contribution in [0.5, 0.6) is 0 Å². The molecule has 0 aliphatic rings. The van der Waals surface area contributed by atoms with Gasteiger partial charge >= 0.3 is 5.97 Å². The second kappa shape index (κ2) is 7.88. The standard InChI is InChI=1S/C13H16N2O5/c1-2-20-13(16)11(9-14-17)8-7-10-5-3-4-6-12(10)15(18)19/h3-6,9,11,17H,2,7-8H2,1H3/b14-9-. The summed E-state index contributed by atoms with van der Waals surface area (Å²) in [4.78, 5) is 22.0. The summed E-state index contributed by atoms with van der Waals surface area (Å²) < 4.78 is 4.85. The second-order valence-corrected chi connectivity index (χ2v) is 4.05. The lowest BCUT2D eigenvalue weighted by molar-refractivity contribution is -0.385. The van der Waals surface area contributed by atoms with Crippen molar-refractivity contribution in [1.29, 1.82) is 0 Å². The molecule has 0 saturated carbocycles. The summed E-state index contributed by atoms with van der Waals surface area (Å²) >= 11 is 0. The lowest BCUT2D eigenvalue weighted by atomic mass is 9.99.